The molecule has 0 N–H and O–H groups in total. The van der Waals surface area contributed by atoms with Crippen molar-refractivity contribution in [3.63, 3.8) is 0 Å². The molecule has 0 aliphatic heterocycles. The molecule has 0 fully saturated rings. The fourth-order valence-corrected chi connectivity index (χ4v) is 2.46. The lowest BCUT2D eigenvalue weighted by Gasteiger charge is -2.21. The van der Waals surface area contributed by atoms with Gasteiger partial charge in [-0.1, -0.05) is 71.9 Å². The van der Waals surface area contributed by atoms with Gasteiger partial charge in [-0.05, 0) is 51.7 Å². The molecule has 0 rings (SSSR count). The summed E-state index contributed by atoms with van der Waals surface area (Å²) in [6, 6.07) is 0. The van der Waals surface area contributed by atoms with E-state index in [1.807, 2.05) is 0 Å². The molecule has 1 nitrogen and oxygen atoms in total. The molecule has 0 spiro atoms. The molecule has 0 heterocycles. The van der Waals surface area contributed by atoms with Gasteiger partial charge in [0.05, 0.1) is 0 Å². The molecule has 0 aliphatic rings. The highest BCUT2D eigenvalue weighted by Crippen LogP contribution is 2.01. The smallest absolute Gasteiger partial charge is 0.00315 e. The van der Waals surface area contributed by atoms with E-state index in [1.54, 1.807) is 0 Å². The van der Waals surface area contributed by atoms with Crippen molar-refractivity contribution in [3.05, 3.63) is 0 Å². The predicted molar refractivity (Wildman–Crippen MR) is 98.0 cm³/mol. The number of alkyl halides is 2. The Morgan fingerprint density at radius 1 is 0.579 bits per heavy atom. The van der Waals surface area contributed by atoms with Gasteiger partial charge in [0.2, 0.25) is 0 Å². The highest BCUT2D eigenvalue weighted by molar-refractivity contribution is 9.09. The molecule has 19 heavy (non-hydrogen) atoms. The highest BCUT2D eigenvalue weighted by atomic mass is 79.9. The van der Waals surface area contributed by atoms with Crippen molar-refractivity contribution in [1.29, 1.82) is 0 Å². The number of halogens is 2. The summed E-state index contributed by atoms with van der Waals surface area (Å²) in [6.07, 6.45) is 10.7. The van der Waals surface area contributed by atoms with Gasteiger partial charge in [-0.3, -0.25) is 0 Å². The van der Waals surface area contributed by atoms with Crippen LogP contribution in [0, 0.1) is 0 Å². The van der Waals surface area contributed by atoms with Crippen LogP contribution < -0.4 is 0 Å². The van der Waals surface area contributed by atoms with E-state index in [-0.39, 0.29) is 0 Å². The van der Waals surface area contributed by atoms with Crippen molar-refractivity contribution in [2.45, 2.75) is 72.1 Å². The van der Waals surface area contributed by atoms with Gasteiger partial charge in [-0.15, -0.1) is 0 Å². The van der Waals surface area contributed by atoms with Crippen LogP contribution in [0.25, 0.3) is 0 Å². The molecule has 0 aliphatic carbocycles. The third kappa shape index (κ3) is 21.4. The van der Waals surface area contributed by atoms with Gasteiger partial charge >= 0.3 is 0 Å². The lowest BCUT2D eigenvalue weighted by Crippen LogP contribution is -2.27. The van der Waals surface area contributed by atoms with Crippen molar-refractivity contribution in [1.82, 2.24) is 4.90 Å². The average Bonchev–Trinajstić information content (AvgIpc) is 2.45. The first kappa shape index (κ1) is 22.2. The third-order valence-electron chi connectivity index (χ3n) is 3.00. The Morgan fingerprint density at radius 3 is 1.11 bits per heavy atom. The molecule has 3 heteroatoms. The Kier molecular flexibility index (Phi) is 24.8. The van der Waals surface area contributed by atoms with E-state index in [9.17, 15) is 0 Å². The van der Waals surface area contributed by atoms with Gasteiger partial charge in [0.15, 0.2) is 0 Å². The zero-order chi connectivity index (χ0) is 14.8. The monoisotopic (exact) mass is 399 g/mol. The molecular formula is C16H35Br2N. The van der Waals surface area contributed by atoms with Gasteiger partial charge in [-0.25, -0.2) is 0 Å². The Balaban J connectivity index is 0. The van der Waals surface area contributed by atoms with Gasteiger partial charge in [-0.2, -0.15) is 0 Å². The minimum atomic E-state index is 1.14. The predicted octanol–water partition coefficient (Wildman–Crippen LogP) is 6.25. The molecule has 0 aromatic rings. The van der Waals surface area contributed by atoms with E-state index in [0.717, 1.165) is 10.7 Å². The topological polar surface area (TPSA) is 3.24 Å². The maximum Gasteiger partial charge on any atom is 0.00315 e. The average molecular weight is 401 g/mol. The molecule has 118 valence electrons. The van der Waals surface area contributed by atoms with Gasteiger partial charge < -0.3 is 4.90 Å². The van der Waals surface area contributed by atoms with Crippen LogP contribution in [-0.2, 0) is 0 Å². The van der Waals surface area contributed by atoms with Crippen molar-refractivity contribution < 1.29 is 0 Å². The fraction of sp³-hybridized carbons (Fsp3) is 1.00. The largest absolute Gasteiger partial charge is 0.303 e. The van der Waals surface area contributed by atoms with Crippen LogP contribution >= 0.6 is 31.9 Å². The van der Waals surface area contributed by atoms with Crippen molar-refractivity contribution in [2.75, 3.05) is 30.3 Å². The first-order valence-corrected chi connectivity index (χ1v) is 10.3. The van der Waals surface area contributed by atoms with Crippen LogP contribution in [0.4, 0.5) is 0 Å². The Bertz CT molecular complexity index is 120. The SMILES string of the molecule is BrCCCCBr.CCCCN(CCCC)CCCC. The minimum absolute atomic E-state index is 1.14. The standard InChI is InChI=1S/C12H27N.C4H8Br2/c1-4-7-10-13(11-8-5-2)12-9-6-3;5-3-1-2-4-6/h4-12H2,1-3H3;1-4H2. The van der Waals surface area contributed by atoms with Crippen molar-refractivity contribution in [3.8, 4) is 0 Å². The Morgan fingerprint density at radius 2 is 0.895 bits per heavy atom. The summed E-state index contributed by atoms with van der Waals surface area (Å²) in [5, 5.41) is 2.28. The van der Waals surface area contributed by atoms with Gasteiger partial charge in [0.1, 0.15) is 0 Å². The second-order valence-corrected chi connectivity index (χ2v) is 6.57. The summed E-state index contributed by atoms with van der Waals surface area (Å²) in [5.41, 5.74) is 0. The zero-order valence-corrected chi connectivity index (χ0v) is 16.6. The van der Waals surface area contributed by atoms with E-state index in [4.69, 9.17) is 0 Å². The minimum Gasteiger partial charge on any atom is -0.303 e. The summed E-state index contributed by atoms with van der Waals surface area (Å²) in [6.45, 7) is 10.8. The van der Waals surface area contributed by atoms with Crippen molar-refractivity contribution in [2.24, 2.45) is 0 Å². The third-order valence-corrected chi connectivity index (χ3v) is 4.12. The highest BCUT2D eigenvalue weighted by Gasteiger charge is 2.01. The molecule has 0 radical (unpaired) electrons. The van der Waals surface area contributed by atoms with Crippen LogP contribution in [0.2, 0.25) is 0 Å². The molecule has 0 aromatic heterocycles. The number of rotatable bonds is 12. The summed E-state index contributed by atoms with van der Waals surface area (Å²) in [5.74, 6) is 0. The van der Waals surface area contributed by atoms with Crippen LogP contribution in [0.5, 0.6) is 0 Å². The van der Waals surface area contributed by atoms with Crippen LogP contribution in [-0.4, -0.2) is 35.2 Å². The summed E-state index contributed by atoms with van der Waals surface area (Å²) in [7, 11) is 0. The van der Waals surface area contributed by atoms with E-state index < -0.39 is 0 Å². The van der Waals surface area contributed by atoms with Crippen LogP contribution in [0.15, 0.2) is 0 Å². The number of unbranched alkanes of at least 4 members (excludes halogenated alkanes) is 4. The van der Waals surface area contributed by atoms with E-state index in [2.05, 4.69) is 57.5 Å². The molecule has 0 saturated carbocycles. The molecule has 0 amide bonds. The Hall–Kier alpha value is 0.920. The lowest BCUT2D eigenvalue weighted by atomic mass is 10.2. The van der Waals surface area contributed by atoms with E-state index in [1.165, 1.54) is 71.0 Å². The first-order valence-electron chi connectivity index (χ1n) is 8.10. The molecule has 0 saturated heterocycles. The summed E-state index contributed by atoms with van der Waals surface area (Å²) >= 11 is 6.66. The Labute approximate surface area is 139 Å². The molecule has 0 atom stereocenters. The zero-order valence-electron chi connectivity index (χ0n) is 13.4. The maximum absolute atomic E-state index is 3.33. The lowest BCUT2D eigenvalue weighted by molar-refractivity contribution is 0.261. The van der Waals surface area contributed by atoms with Crippen LogP contribution in [0.1, 0.15) is 72.1 Å². The normalized spacial score (nSPS) is 10.4. The fourth-order valence-electron chi connectivity index (χ4n) is 1.67. The van der Waals surface area contributed by atoms with Crippen molar-refractivity contribution >= 4 is 31.9 Å². The summed E-state index contributed by atoms with van der Waals surface area (Å²) < 4.78 is 0. The second-order valence-electron chi connectivity index (χ2n) is 4.99. The molecule has 0 aromatic carbocycles. The number of hydrogen-bond donors (Lipinski definition) is 0. The number of nitrogens with zero attached hydrogens (tertiary/aromatic N) is 1. The van der Waals surface area contributed by atoms with Gasteiger partial charge in [0, 0.05) is 10.7 Å². The first-order chi connectivity index (χ1) is 9.26. The van der Waals surface area contributed by atoms with E-state index >= 15 is 0 Å². The molecule has 0 unspecified atom stereocenters. The quantitative estimate of drug-likeness (QED) is 0.276. The summed E-state index contributed by atoms with van der Waals surface area (Å²) in [4.78, 5) is 2.64. The second kappa shape index (κ2) is 21.2. The molecular weight excluding hydrogens is 366 g/mol. The van der Waals surface area contributed by atoms with Crippen LogP contribution in [0.3, 0.4) is 0 Å². The van der Waals surface area contributed by atoms with Gasteiger partial charge in [0.25, 0.3) is 0 Å². The molecule has 0 bridgehead atoms. The number of hydrogen-bond acceptors (Lipinski definition) is 1. The maximum atomic E-state index is 3.33. The van der Waals surface area contributed by atoms with E-state index in [0.29, 0.717) is 0 Å².